The van der Waals surface area contributed by atoms with Crippen LogP contribution in [-0.4, -0.2) is 34.4 Å². The fraction of sp³-hybridized carbons (Fsp3) is 0.300. The summed E-state index contributed by atoms with van der Waals surface area (Å²) in [5, 5.41) is 7.20. The lowest BCUT2D eigenvalue weighted by atomic mass is 10.5. The van der Waals surface area contributed by atoms with Gasteiger partial charge in [-0.3, -0.25) is 5.10 Å². The van der Waals surface area contributed by atoms with Gasteiger partial charge in [0.15, 0.2) is 5.16 Å². The van der Waals surface area contributed by atoms with Crippen LogP contribution in [0.4, 0.5) is 5.82 Å². The molecule has 0 atom stereocenters. The summed E-state index contributed by atoms with van der Waals surface area (Å²) in [4.78, 5) is 9.22. The van der Waals surface area contributed by atoms with Gasteiger partial charge in [0.25, 0.3) is 0 Å². The van der Waals surface area contributed by atoms with Crippen molar-refractivity contribution in [2.75, 3.05) is 20.0 Å². The predicted octanol–water partition coefficient (Wildman–Crippen LogP) is 1.26. The molecule has 0 unspecified atom stereocenters. The number of hydrogen-bond donors (Lipinski definition) is 2. The molecule has 18 heavy (non-hydrogen) atoms. The van der Waals surface area contributed by atoms with Crippen molar-refractivity contribution < 1.29 is 9.47 Å². The molecule has 2 heterocycles. The van der Waals surface area contributed by atoms with E-state index in [0.717, 1.165) is 10.6 Å². The summed E-state index contributed by atoms with van der Waals surface area (Å²) in [5.74, 6) is 1.36. The third-order valence-electron chi connectivity index (χ3n) is 2.19. The highest BCUT2D eigenvalue weighted by Crippen LogP contribution is 2.32. The number of nitrogens with one attached hydrogen (secondary N) is 1. The Morgan fingerprint density at radius 1 is 1.22 bits per heavy atom. The number of H-pyrrole nitrogens is 1. The maximum Gasteiger partial charge on any atom is 0.220 e. The number of nitrogens with zero attached hydrogens (tertiary/aromatic N) is 3. The number of ether oxygens (including phenoxy) is 2. The van der Waals surface area contributed by atoms with Gasteiger partial charge in [0.1, 0.15) is 5.82 Å². The van der Waals surface area contributed by atoms with E-state index in [-0.39, 0.29) is 0 Å². The van der Waals surface area contributed by atoms with Crippen LogP contribution in [0.1, 0.15) is 5.69 Å². The molecule has 3 N–H and O–H groups in total. The van der Waals surface area contributed by atoms with Crippen molar-refractivity contribution in [2.45, 2.75) is 17.0 Å². The molecule has 0 saturated heterocycles. The topological polar surface area (TPSA) is 98.9 Å². The van der Waals surface area contributed by atoms with E-state index in [1.165, 1.54) is 26.0 Å². The minimum Gasteiger partial charge on any atom is -0.481 e. The number of aryl methyl sites for hydroxylation is 1. The Morgan fingerprint density at radius 3 is 2.28 bits per heavy atom. The van der Waals surface area contributed by atoms with Crippen molar-refractivity contribution in [1.29, 1.82) is 0 Å². The van der Waals surface area contributed by atoms with Crippen LogP contribution in [0.15, 0.2) is 16.1 Å². The average Bonchev–Trinajstić information content (AvgIpc) is 2.70. The Balaban J connectivity index is 2.34. The highest BCUT2D eigenvalue weighted by Gasteiger charge is 2.13. The first-order chi connectivity index (χ1) is 8.63. The molecule has 7 nitrogen and oxygen atoms in total. The highest BCUT2D eigenvalue weighted by molar-refractivity contribution is 7.99. The number of nitrogen functional groups attached to an aromatic ring is 1. The quantitative estimate of drug-likeness (QED) is 0.804. The second kappa shape index (κ2) is 5.13. The van der Waals surface area contributed by atoms with Crippen molar-refractivity contribution in [1.82, 2.24) is 20.2 Å². The predicted molar refractivity (Wildman–Crippen MR) is 67.0 cm³/mol. The van der Waals surface area contributed by atoms with Crippen LogP contribution in [0.25, 0.3) is 0 Å². The summed E-state index contributed by atoms with van der Waals surface area (Å²) in [7, 11) is 3.07. The number of nitrogens with two attached hydrogens (primary N) is 1. The number of methoxy groups -OCH3 is 2. The van der Waals surface area contributed by atoms with E-state index < -0.39 is 0 Å². The Hall–Kier alpha value is -1.96. The van der Waals surface area contributed by atoms with Crippen LogP contribution in [0.2, 0.25) is 0 Å². The molecule has 0 saturated carbocycles. The van der Waals surface area contributed by atoms with Gasteiger partial charge < -0.3 is 15.2 Å². The van der Waals surface area contributed by atoms with E-state index in [4.69, 9.17) is 15.2 Å². The van der Waals surface area contributed by atoms with E-state index in [0.29, 0.717) is 22.7 Å². The lowest BCUT2D eigenvalue weighted by molar-refractivity contribution is 0.364. The zero-order valence-corrected chi connectivity index (χ0v) is 11.0. The zero-order chi connectivity index (χ0) is 13.1. The van der Waals surface area contributed by atoms with Crippen LogP contribution in [0, 0.1) is 6.92 Å². The Labute approximate surface area is 108 Å². The fourth-order valence-electron chi connectivity index (χ4n) is 1.30. The van der Waals surface area contributed by atoms with E-state index in [1.807, 2.05) is 6.92 Å². The summed E-state index contributed by atoms with van der Waals surface area (Å²) in [6.07, 6.45) is 0. The molecule has 2 rings (SSSR count). The Bertz CT molecular complexity index is 515. The van der Waals surface area contributed by atoms with E-state index in [9.17, 15) is 0 Å². The minimum absolute atomic E-state index is 0.434. The van der Waals surface area contributed by atoms with Gasteiger partial charge in [-0.15, -0.1) is 0 Å². The number of anilines is 1. The van der Waals surface area contributed by atoms with Gasteiger partial charge in [0.05, 0.1) is 30.9 Å². The summed E-state index contributed by atoms with van der Waals surface area (Å²) in [6.45, 7) is 1.85. The first kappa shape index (κ1) is 12.5. The van der Waals surface area contributed by atoms with Gasteiger partial charge in [-0.1, -0.05) is 0 Å². The van der Waals surface area contributed by atoms with Crippen molar-refractivity contribution in [3.8, 4) is 11.8 Å². The van der Waals surface area contributed by atoms with Crippen molar-refractivity contribution in [2.24, 2.45) is 0 Å². The van der Waals surface area contributed by atoms with Crippen LogP contribution in [0.5, 0.6) is 11.8 Å². The number of aromatic nitrogens is 4. The third-order valence-corrected chi connectivity index (χ3v) is 3.27. The molecule has 0 amide bonds. The molecule has 8 heteroatoms. The molecule has 0 radical (unpaired) electrons. The lowest BCUT2D eigenvalue weighted by Gasteiger charge is -2.05. The first-order valence-corrected chi connectivity index (χ1v) is 5.91. The summed E-state index contributed by atoms with van der Waals surface area (Å²) in [6, 6.07) is 1.61. The fourth-order valence-corrected chi connectivity index (χ4v) is 2.10. The molecule has 96 valence electrons. The largest absolute Gasteiger partial charge is 0.481 e. The normalized spacial score (nSPS) is 10.4. The summed E-state index contributed by atoms with van der Waals surface area (Å²) in [5.41, 5.74) is 6.57. The van der Waals surface area contributed by atoms with Crippen molar-refractivity contribution in [3.63, 3.8) is 0 Å². The highest BCUT2D eigenvalue weighted by atomic mass is 32.2. The van der Waals surface area contributed by atoms with Gasteiger partial charge in [0.2, 0.25) is 11.8 Å². The van der Waals surface area contributed by atoms with E-state index >= 15 is 0 Å². The molecular weight excluding hydrogens is 254 g/mol. The van der Waals surface area contributed by atoms with Gasteiger partial charge >= 0.3 is 0 Å². The van der Waals surface area contributed by atoms with Gasteiger partial charge in [-0.05, 0) is 18.7 Å². The molecular formula is C10H13N5O2S. The lowest BCUT2D eigenvalue weighted by Crippen LogP contribution is -1.96. The molecule has 0 aliphatic heterocycles. The molecule has 0 aliphatic carbocycles. The molecule has 0 bridgehead atoms. The molecule has 2 aromatic heterocycles. The number of rotatable bonds is 4. The maximum atomic E-state index is 5.77. The van der Waals surface area contributed by atoms with Gasteiger partial charge in [-0.25, -0.2) is 0 Å². The van der Waals surface area contributed by atoms with Crippen LogP contribution in [0.3, 0.4) is 0 Å². The van der Waals surface area contributed by atoms with Crippen LogP contribution in [-0.2, 0) is 0 Å². The smallest absolute Gasteiger partial charge is 0.220 e. The molecule has 0 aliphatic rings. The molecule has 0 aromatic carbocycles. The minimum atomic E-state index is 0.434. The molecule has 0 fully saturated rings. The second-order valence-corrected chi connectivity index (χ2v) is 4.37. The van der Waals surface area contributed by atoms with E-state index in [2.05, 4.69) is 20.2 Å². The van der Waals surface area contributed by atoms with Crippen LogP contribution < -0.4 is 15.2 Å². The molecule has 0 spiro atoms. The third kappa shape index (κ3) is 2.48. The zero-order valence-electron chi connectivity index (χ0n) is 10.2. The van der Waals surface area contributed by atoms with Gasteiger partial charge in [0, 0.05) is 0 Å². The van der Waals surface area contributed by atoms with Gasteiger partial charge in [-0.2, -0.15) is 15.1 Å². The van der Waals surface area contributed by atoms with E-state index in [1.54, 1.807) is 6.07 Å². The maximum absolute atomic E-state index is 5.77. The number of aromatic amines is 1. The summed E-state index contributed by atoms with van der Waals surface area (Å²) < 4.78 is 10.2. The number of hydrogen-bond acceptors (Lipinski definition) is 7. The SMILES string of the molecule is COc1cc(OC)nc(Sc2c(C)n[nH]c2N)n1. The molecule has 2 aromatic rings. The Kier molecular flexibility index (Phi) is 3.56. The monoisotopic (exact) mass is 267 g/mol. The Morgan fingerprint density at radius 2 is 1.83 bits per heavy atom. The summed E-state index contributed by atoms with van der Waals surface area (Å²) >= 11 is 1.31. The van der Waals surface area contributed by atoms with Crippen molar-refractivity contribution >= 4 is 17.6 Å². The average molecular weight is 267 g/mol. The standard InChI is InChI=1S/C10H13N5O2S/c1-5-8(9(11)15-14-5)18-10-12-6(16-2)4-7(13-10)17-3/h4H,1-3H3,(H3,11,14,15). The first-order valence-electron chi connectivity index (χ1n) is 5.09. The van der Waals surface area contributed by atoms with Crippen LogP contribution >= 0.6 is 11.8 Å². The second-order valence-electron chi connectivity index (χ2n) is 3.39. The van der Waals surface area contributed by atoms with Crippen molar-refractivity contribution in [3.05, 3.63) is 11.8 Å².